The summed E-state index contributed by atoms with van der Waals surface area (Å²) >= 11 is 0. The van der Waals surface area contributed by atoms with Crippen LogP contribution >= 0.6 is 0 Å². The van der Waals surface area contributed by atoms with Crippen LogP contribution < -0.4 is 0 Å². The minimum Gasteiger partial charge on any atom is -0.299 e. The summed E-state index contributed by atoms with van der Waals surface area (Å²) in [6.45, 7) is 2.03. The van der Waals surface area contributed by atoms with Gasteiger partial charge in [-0.1, -0.05) is 19.1 Å². The van der Waals surface area contributed by atoms with Crippen molar-refractivity contribution in [1.29, 1.82) is 0 Å². The van der Waals surface area contributed by atoms with Crippen molar-refractivity contribution in [2.45, 2.75) is 13.3 Å². The number of hydrogen-bond donors (Lipinski definition) is 0. The van der Waals surface area contributed by atoms with Crippen LogP contribution in [0.15, 0.2) is 12.2 Å². The Labute approximate surface area is 54.8 Å². The third kappa shape index (κ3) is 0.473. The first-order valence-corrected chi connectivity index (χ1v) is 3.51. The van der Waals surface area contributed by atoms with Gasteiger partial charge in [0.2, 0.25) is 0 Å². The maximum Gasteiger partial charge on any atom is 0.140 e. The van der Waals surface area contributed by atoms with Crippen molar-refractivity contribution in [3.63, 3.8) is 0 Å². The molecule has 2 aliphatic rings. The van der Waals surface area contributed by atoms with E-state index in [9.17, 15) is 4.79 Å². The van der Waals surface area contributed by atoms with E-state index in [1.165, 1.54) is 0 Å². The number of ketones is 1. The SMILES string of the molecule is C[C@@H]1C(=O)[C@H]2CC=C[C@@H]12. The van der Waals surface area contributed by atoms with Crippen LogP contribution in [-0.4, -0.2) is 5.78 Å². The highest BCUT2D eigenvalue weighted by molar-refractivity contribution is 5.91. The van der Waals surface area contributed by atoms with Crippen molar-refractivity contribution >= 4 is 5.78 Å². The van der Waals surface area contributed by atoms with Gasteiger partial charge in [0.05, 0.1) is 0 Å². The quantitative estimate of drug-likeness (QED) is 0.444. The van der Waals surface area contributed by atoms with E-state index in [0.29, 0.717) is 23.5 Å². The lowest BCUT2D eigenvalue weighted by molar-refractivity contribution is -0.138. The van der Waals surface area contributed by atoms with Gasteiger partial charge in [-0.15, -0.1) is 0 Å². The molecule has 1 saturated carbocycles. The van der Waals surface area contributed by atoms with Gasteiger partial charge in [0.15, 0.2) is 0 Å². The number of hydrogen-bond acceptors (Lipinski definition) is 1. The number of carbonyl (C=O) groups is 1. The Morgan fingerprint density at radius 3 is 3.11 bits per heavy atom. The molecule has 0 aromatic heterocycles. The van der Waals surface area contributed by atoms with E-state index in [2.05, 4.69) is 12.2 Å². The fourth-order valence-corrected chi connectivity index (χ4v) is 1.90. The van der Waals surface area contributed by atoms with Crippen molar-refractivity contribution in [3.8, 4) is 0 Å². The molecule has 0 spiro atoms. The summed E-state index contributed by atoms with van der Waals surface area (Å²) in [6, 6.07) is 0. The van der Waals surface area contributed by atoms with Crippen LogP contribution in [0.3, 0.4) is 0 Å². The van der Waals surface area contributed by atoms with Crippen LogP contribution in [-0.2, 0) is 4.79 Å². The van der Waals surface area contributed by atoms with Crippen LogP contribution in [0.5, 0.6) is 0 Å². The molecule has 0 aromatic carbocycles. The van der Waals surface area contributed by atoms with E-state index in [1.807, 2.05) is 6.92 Å². The van der Waals surface area contributed by atoms with Crippen LogP contribution in [0.25, 0.3) is 0 Å². The number of allylic oxidation sites excluding steroid dienone is 2. The Bertz CT molecular complexity index is 181. The molecule has 0 heterocycles. The maximum atomic E-state index is 11.0. The zero-order chi connectivity index (χ0) is 6.43. The predicted molar refractivity (Wildman–Crippen MR) is 34.9 cm³/mol. The zero-order valence-electron chi connectivity index (χ0n) is 5.50. The number of carbonyl (C=O) groups excluding carboxylic acids is 1. The molecule has 0 unspecified atom stereocenters. The maximum absolute atomic E-state index is 11.0. The van der Waals surface area contributed by atoms with Crippen LogP contribution in [0.2, 0.25) is 0 Å². The Morgan fingerprint density at radius 1 is 1.67 bits per heavy atom. The topological polar surface area (TPSA) is 17.1 Å². The van der Waals surface area contributed by atoms with Gasteiger partial charge >= 0.3 is 0 Å². The normalized spacial score (nSPS) is 46.8. The molecule has 0 saturated heterocycles. The Morgan fingerprint density at radius 2 is 2.44 bits per heavy atom. The third-order valence-electron chi connectivity index (χ3n) is 2.60. The summed E-state index contributed by atoms with van der Waals surface area (Å²) in [5.41, 5.74) is 0. The lowest BCUT2D eigenvalue weighted by Crippen LogP contribution is -2.42. The average molecular weight is 122 g/mol. The van der Waals surface area contributed by atoms with Gasteiger partial charge in [0, 0.05) is 11.8 Å². The minimum atomic E-state index is 0.328. The molecule has 3 atom stereocenters. The van der Waals surface area contributed by atoms with Gasteiger partial charge in [-0.2, -0.15) is 0 Å². The summed E-state index contributed by atoms with van der Waals surface area (Å²) in [7, 11) is 0. The molecule has 1 nitrogen and oxygen atoms in total. The molecule has 9 heavy (non-hydrogen) atoms. The van der Waals surface area contributed by atoms with Gasteiger partial charge in [-0.05, 0) is 12.3 Å². The summed E-state index contributed by atoms with van der Waals surface area (Å²) < 4.78 is 0. The molecule has 48 valence electrons. The summed E-state index contributed by atoms with van der Waals surface area (Å²) in [4.78, 5) is 11.0. The first-order valence-electron chi connectivity index (χ1n) is 3.51. The van der Waals surface area contributed by atoms with Crippen LogP contribution in [0.1, 0.15) is 13.3 Å². The van der Waals surface area contributed by atoms with Crippen molar-refractivity contribution in [2.75, 3.05) is 0 Å². The van der Waals surface area contributed by atoms with Crippen molar-refractivity contribution in [1.82, 2.24) is 0 Å². The molecule has 0 aromatic rings. The Hall–Kier alpha value is -0.590. The lowest BCUT2D eigenvalue weighted by atomic mass is 9.66. The van der Waals surface area contributed by atoms with E-state index in [1.54, 1.807) is 0 Å². The van der Waals surface area contributed by atoms with Gasteiger partial charge in [-0.3, -0.25) is 4.79 Å². The summed E-state index contributed by atoms with van der Waals surface area (Å²) in [5, 5.41) is 0. The van der Waals surface area contributed by atoms with E-state index in [4.69, 9.17) is 0 Å². The first-order chi connectivity index (χ1) is 4.30. The Balaban J connectivity index is 2.21. The highest BCUT2D eigenvalue weighted by Gasteiger charge is 2.46. The largest absolute Gasteiger partial charge is 0.299 e. The second kappa shape index (κ2) is 1.47. The second-order valence-electron chi connectivity index (χ2n) is 3.04. The molecule has 0 aliphatic heterocycles. The molecule has 1 heteroatoms. The van der Waals surface area contributed by atoms with Crippen molar-refractivity contribution < 1.29 is 4.79 Å². The fourth-order valence-electron chi connectivity index (χ4n) is 1.90. The predicted octanol–water partition coefficient (Wildman–Crippen LogP) is 1.40. The molecule has 0 N–H and O–H groups in total. The van der Waals surface area contributed by atoms with E-state index in [0.717, 1.165) is 6.42 Å². The van der Waals surface area contributed by atoms with E-state index < -0.39 is 0 Å². The molecule has 0 radical (unpaired) electrons. The number of Topliss-reactive ketones (excluding diaryl/α,β-unsaturated/α-hetero) is 1. The lowest BCUT2D eigenvalue weighted by Gasteiger charge is -2.35. The first kappa shape index (κ1) is 5.21. The van der Waals surface area contributed by atoms with Crippen molar-refractivity contribution in [3.05, 3.63) is 12.2 Å². The minimum absolute atomic E-state index is 0.328. The molecular formula is C8H10O. The van der Waals surface area contributed by atoms with Crippen LogP contribution in [0.4, 0.5) is 0 Å². The fraction of sp³-hybridized carbons (Fsp3) is 0.625. The third-order valence-corrected chi connectivity index (χ3v) is 2.60. The zero-order valence-corrected chi connectivity index (χ0v) is 5.50. The Kier molecular flexibility index (Phi) is 0.850. The summed E-state index contributed by atoms with van der Waals surface area (Å²) in [6.07, 6.45) is 5.33. The van der Waals surface area contributed by atoms with E-state index >= 15 is 0 Å². The molecule has 1 fully saturated rings. The average Bonchev–Trinajstić information content (AvgIpc) is 2.30. The molecule has 2 rings (SSSR count). The molecule has 0 amide bonds. The second-order valence-corrected chi connectivity index (χ2v) is 3.04. The molecular weight excluding hydrogens is 112 g/mol. The highest BCUT2D eigenvalue weighted by atomic mass is 16.1. The highest BCUT2D eigenvalue weighted by Crippen LogP contribution is 2.43. The number of fused-ring (bicyclic) bond motifs is 1. The van der Waals surface area contributed by atoms with E-state index in [-0.39, 0.29) is 0 Å². The molecule has 0 bridgehead atoms. The van der Waals surface area contributed by atoms with Gasteiger partial charge in [0.25, 0.3) is 0 Å². The molecule has 2 aliphatic carbocycles. The van der Waals surface area contributed by atoms with Gasteiger partial charge in [-0.25, -0.2) is 0 Å². The van der Waals surface area contributed by atoms with Crippen molar-refractivity contribution in [2.24, 2.45) is 17.8 Å². The number of rotatable bonds is 0. The smallest absolute Gasteiger partial charge is 0.140 e. The summed E-state index contributed by atoms with van der Waals surface area (Å²) in [5.74, 6) is 1.80. The monoisotopic (exact) mass is 122 g/mol. The van der Waals surface area contributed by atoms with Gasteiger partial charge in [0.1, 0.15) is 5.78 Å². The van der Waals surface area contributed by atoms with Gasteiger partial charge < -0.3 is 0 Å². The standard InChI is InChI=1S/C8H10O/c1-5-6-3-2-4-7(6)8(5)9/h2-3,5-7H,4H2,1H3/t5-,6-,7-/m0/s1. The van der Waals surface area contributed by atoms with Crippen LogP contribution in [0, 0.1) is 17.8 Å².